The van der Waals surface area contributed by atoms with E-state index < -0.39 is 0 Å². The quantitative estimate of drug-likeness (QED) is 0.0226. The maximum Gasteiger partial charge on any atom is 0.220 e. The van der Waals surface area contributed by atoms with Crippen LogP contribution in [0, 0.1) is 0 Å². The summed E-state index contributed by atoms with van der Waals surface area (Å²) in [6.07, 6.45) is 3.70. The van der Waals surface area contributed by atoms with Crippen LogP contribution in [0.3, 0.4) is 0 Å². The minimum absolute atomic E-state index is 0.0246. The molecule has 446 valence electrons. The van der Waals surface area contributed by atoms with Gasteiger partial charge >= 0.3 is 0 Å². The summed E-state index contributed by atoms with van der Waals surface area (Å²) in [5.74, 6) is 4.68. The first kappa shape index (κ1) is 57.6. The zero-order valence-corrected chi connectivity index (χ0v) is 49.3. The second kappa shape index (κ2) is 27.5. The molecule has 0 saturated carbocycles. The zero-order chi connectivity index (χ0) is 58.6. The second-order valence-corrected chi connectivity index (χ2v) is 22.7. The highest BCUT2D eigenvalue weighted by Gasteiger charge is 2.19. The number of likely N-dealkylation sites (N-methyl/N-ethyl adjacent to an activating group) is 2. The van der Waals surface area contributed by atoms with E-state index in [4.69, 9.17) is 29.4 Å². The van der Waals surface area contributed by atoms with Gasteiger partial charge in [-0.1, -0.05) is 24.3 Å². The van der Waals surface area contributed by atoms with Crippen LogP contribution in [0.4, 0.5) is 11.4 Å². The number of aromatic nitrogens is 8. The molecule has 0 bridgehead atoms. The van der Waals surface area contributed by atoms with Crippen molar-refractivity contribution in [2.45, 2.75) is 38.5 Å². The molecule has 0 aliphatic carbocycles. The average molecular weight is 1160 g/mol. The minimum atomic E-state index is 0.0246. The highest BCUT2D eigenvalue weighted by atomic mass is 16.5. The van der Waals surface area contributed by atoms with Crippen molar-refractivity contribution in [3.05, 3.63) is 121 Å². The van der Waals surface area contributed by atoms with Gasteiger partial charge in [-0.25, -0.2) is 19.9 Å². The molecule has 2 amide bonds. The van der Waals surface area contributed by atoms with Crippen LogP contribution in [-0.2, 0) is 9.59 Å². The lowest BCUT2D eigenvalue weighted by atomic mass is 10.2. The van der Waals surface area contributed by atoms with Crippen LogP contribution in [0.5, 0.6) is 11.5 Å². The van der Waals surface area contributed by atoms with Gasteiger partial charge in [0.15, 0.2) is 0 Å². The van der Waals surface area contributed by atoms with E-state index in [9.17, 15) is 9.59 Å². The predicted octanol–water partition coefficient (Wildman–Crippen LogP) is 8.57. The fraction of sp³-hybridized carbons (Fsp3) is 0.364. The number of nitrogens with zero attached hydrogens (tertiary/aromatic N) is 8. The SMILES string of the molecule is CN1CCN(c2ccc3nc(-c4ccc5nc(-c6cccc(OCCCC(=O)NCCCNCCNCCCNC(=O)CCCOc7cccc(-c8nc9ccc(-c%10nc%11ccc(N%12CCN(C)CC%12)cc%11[nH]%10)cc9[nH]8)c7)c6)[nH]c5c4)[nH]c3c2)CC1. The summed E-state index contributed by atoms with van der Waals surface area (Å²) in [6, 6.07) is 41.1. The summed E-state index contributed by atoms with van der Waals surface area (Å²) in [5.41, 5.74) is 13.8. The number of hydrogen-bond donors (Lipinski definition) is 8. The fourth-order valence-electron chi connectivity index (χ4n) is 11.2. The lowest BCUT2D eigenvalue weighted by molar-refractivity contribution is -0.122. The number of amides is 2. The Morgan fingerprint density at radius 2 is 0.791 bits per heavy atom. The third-order valence-electron chi connectivity index (χ3n) is 16.2. The minimum Gasteiger partial charge on any atom is -0.494 e. The largest absolute Gasteiger partial charge is 0.494 e. The van der Waals surface area contributed by atoms with E-state index >= 15 is 0 Å². The Balaban J connectivity index is 0.477. The van der Waals surface area contributed by atoms with Gasteiger partial charge in [-0.05, 0) is 150 Å². The number of hydrogen-bond acceptors (Lipinski definition) is 14. The molecule has 6 heterocycles. The highest BCUT2D eigenvalue weighted by Crippen LogP contribution is 2.32. The monoisotopic (exact) mass is 1160 g/mol. The number of carbonyl (C=O) groups excluding carboxylic acids is 2. The van der Waals surface area contributed by atoms with Crippen molar-refractivity contribution >= 4 is 67.3 Å². The van der Waals surface area contributed by atoms with Gasteiger partial charge in [0, 0.05) is 125 Å². The molecular formula is C66H78N16O4. The van der Waals surface area contributed by atoms with Crippen molar-refractivity contribution < 1.29 is 19.1 Å². The molecular weight excluding hydrogens is 1080 g/mol. The van der Waals surface area contributed by atoms with E-state index in [0.29, 0.717) is 52.0 Å². The van der Waals surface area contributed by atoms with Gasteiger partial charge in [-0.3, -0.25) is 9.59 Å². The Morgan fingerprint density at radius 1 is 0.419 bits per heavy atom. The van der Waals surface area contributed by atoms with Gasteiger partial charge in [-0.2, -0.15) is 0 Å². The van der Waals surface area contributed by atoms with E-state index in [-0.39, 0.29) is 11.8 Å². The Bertz CT molecular complexity index is 3660. The van der Waals surface area contributed by atoms with Crippen LogP contribution in [0.1, 0.15) is 38.5 Å². The van der Waals surface area contributed by atoms with Crippen LogP contribution in [-0.4, -0.2) is 180 Å². The summed E-state index contributed by atoms with van der Waals surface area (Å²) < 4.78 is 12.1. The Morgan fingerprint density at radius 3 is 1.20 bits per heavy atom. The third kappa shape index (κ3) is 14.6. The zero-order valence-electron chi connectivity index (χ0n) is 49.3. The van der Waals surface area contributed by atoms with Crippen molar-refractivity contribution in [1.82, 2.24) is 70.9 Å². The first-order valence-corrected chi connectivity index (χ1v) is 30.5. The number of carbonyl (C=O) groups is 2. The van der Waals surface area contributed by atoms with Crippen LogP contribution >= 0.6 is 0 Å². The van der Waals surface area contributed by atoms with E-state index in [2.05, 4.69) is 136 Å². The first-order chi connectivity index (χ1) is 42.2. The highest BCUT2D eigenvalue weighted by molar-refractivity contribution is 5.89. The molecule has 86 heavy (non-hydrogen) atoms. The molecule has 0 radical (unpaired) electrons. The molecule has 2 aliphatic rings. The van der Waals surface area contributed by atoms with Crippen LogP contribution in [0.2, 0.25) is 0 Å². The summed E-state index contributed by atoms with van der Waals surface area (Å²) in [7, 11) is 4.35. The molecule has 20 heteroatoms. The van der Waals surface area contributed by atoms with Crippen molar-refractivity contribution in [1.29, 1.82) is 0 Å². The van der Waals surface area contributed by atoms with Crippen LogP contribution in [0.15, 0.2) is 121 Å². The topological polar surface area (TPSA) is 228 Å². The number of piperazine rings is 2. The molecule has 12 rings (SSSR count). The molecule has 6 aromatic carbocycles. The van der Waals surface area contributed by atoms with Gasteiger partial charge in [0.1, 0.15) is 34.8 Å². The molecule has 8 N–H and O–H groups in total. The Kier molecular flexibility index (Phi) is 18.4. The molecule has 4 aromatic heterocycles. The summed E-state index contributed by atoms with van der Waals surface area (Å²) in [5, 5.41) is 12.9. The Hall–Kier alpha value is -8.82. The summed E-state index contributed by atoms with van der Waals surface area (Å²) in [4.78, 5) is 68.3. The standard InChI is InChI=1S/C66H78N16O4/c1-79-29-33-81(34-30-79)49-17-21-55-59(43-49)77-65(73-55)47-15-19-53-57(41-47)75-63(71-53)45-9-3-11-51(39-45)85-37-5-13-61(83)69-25-7-23-67-27-28-68-24-8-26-70-62(84)14-6-38-86-52-12-4-10-46(40-52)64-72-54-20-16-48(42-58(54)76-64)66-74-56-22-18-50(44-60(56)78-66)82-35-31-80(2)32-36-82/h3-4,9-12,15-22,39-44,67-68H,5-8,13-14,23-38H2,1-2H3,(H,69,83)(H,70,84)(H,71,75)(H,72,76)(H,73,77)(H,74,78). The van der Waals surface area contributed by atoms with E-state index in [1.54, 1.807) is 0 Å². The van der Waals surface area contributed by atoms with Crippen LogP contribution < -0.4 is 40.5 Å². The van der Waals surface area contributed by atoms with Crippen LogP contribution in [0.25, 0.3) is 89.7 Å². The van der Waals surface area contributed by atoms with E-state index in [0.717, 1.165) is 193 Å². The lowest BCUT2D eigenvalue weighted by Crippen LogP contribution is -2.44. The molecule has 2 aliphatic heterocycles. The van der Waals surface area contributed by atoms with Gasteiger partial charge in [0.25, 0.3) is 0 Å². The number of ether oxygens (including phenoxy) is 2. The van der Waals surface area contributed by atoms with Crippen molar-refractivity contribution in [2.24, 2.45) is 0 Å². The summed E-state index contributed by atoms with van der Waals surface area (Å²) >= 11 is 0. The van der Waals surface area contributed by atoms with Crippen molar-refractivity contribution in [3.8, 4) is 57.1 Å². The molecule has 20 nitrogen and oxygen atoms in total. The maximum absolute atomic E-state index is 12.5. The maximum atomic E-state index is 12.5. The number of benzene rings is 6. The van der Waals surface area contributed by atoms with Crippen molar-refractivity contribution in [3.63, 3.8) is 0 Å². The number of anilines is 2. The predicted molar refractivity (Wildman–Crippen MR) is 343 cm³/mol. The average Bonchev–Trinajstić information content (AvgIpc) is 2.37. The molecule has 2 fully saturated rings. The van der Waals surface area contributed by atoms with Gasteiger partial charge in [0.2, 0.25) is 11.8 Å². The number of nitrogens with one attached hydrogen (secondary N) is 8. The molecule has 0 spiro atoms. The number of imidazole rings is 4. The number of H-pyrrole nitrogens is 4. The smallest absolute Gasteiger partial charge is 0.220 e. The number of fused-ring (bicyclic) bond motifs is 4. The molecule has 2 saturated heterocycles. The number of rotatable bonds is 27. The Labute approximate surface area is 500 Å². The van der Waals surface area contributed by atoms with Gasteiger partial charge in [-0.15, -0.1) is 0 Å². The summed E-state index contributed by atoms with van der Waals surface area (Å²) in [6.45, 7) is 13.7. The van der Waals surface area contributed by atoms with Gasteiger partial charge in [0.05, 0.1) is 57.3 Å². The second-order valence-electron chi connectivity index (χ2n) is 22.7. The third-order valence-corrected chi connectivity index (χ3v) is 16.2. The van der Waals surface area contributed by atoms with E-state index in [1.807, 2.05) is 60.7 Å². The van der Waals surface area contributed by atoms with E-state index in [1.165, 1.54) is 11.4 Å². The van der Waals surface area contributed by atoms with Gasteiger partial charge < -0.3 is 70.3 Å². The lowest BCUT2D eigenvalue weighted by Gasteiger charge is -2.34. The molecule has 0 atom stereocenters. The number of aromatic amines is 4. The van der Waals surface area contributed by atoms with Crippen molar-refractivity contribution in [2.75, 3.05) is 129 Å². The first-order valence-electron chi connectivity index (χ1n) is 30.5. The molecule has 10 aromatic rings. The normalized spacial score (nSPS) is 14.3. The fourth-order valence-corrected chi connectivity index (χ4v) is 11.2. The molecule has 0 unspecified atom stereocenters.